The van der Waals surface area contributed by atoms with Crippen LogP contribution in [0, 0.1) is 11.3 Å². The molecule has 0 aromatic carbocycles. The molecule has 0 aliphatic heterocycles. The molecule has 1 aliphatic carbocycles. The molecule has 0 aromatic heterocycles. The van der Waals surface area contributed by atoms with Crippen LogP contribution in [0.3, 0.4) is 0 Å². The minimum absolute atomic E-state index is 0.0202. The van der Waals surface area contributed by atoms with Gasteiger partial charge < -0.3 is 5.32 Å². The van der Waals surface area contributed by atoms with Crippen LogP contribution in [-0.2, 0) is 4.79 Å². The number of carbonyl (C=O) groups is 1. The molecular weight excluding hydrogens is 267 g/mol. The van der Waals surface area contributed by atoms with E-state index in [1.54, 1.807) is 13.8 Å². The number of halogens is 4. The van der Waals surface area contributed by atoms with Crippen molar-refractivity contribution in [1.82, 2.24) is 5.32 Å². The zero-order chi connectivity index (χ0) is 14.0. The Morgan fingerprint density at radius 1 is 1.33 bits per heavy atom. The third-order valence-corrected chi connectivity index (χ3v) is 4.09. The van der Waals surface area contributed by atoms with Crippen LogP contribution in [-0.4, -0.2) is 24.0 Å². The van der Waals surface area contributed by atoms with E-state index in [1.807, 2.05) is 0 Å². The van der Waals surface area contributed by atoms with Crippen LogP contribution >= 0.6 is 11.6 Å². The lowest BCUT2D eigenvalue weighted by atomic mass is 9.84. The molecule has 106 valence electrons. The van der Waals surface area contributed by atoms with Gasteiger partial charge >= 0.3 is 6.18 Å². The topological polar surface area (TPSA) is 29.1 Å². The quantitative estimate of drug-likeness (QED) is 0.790. The molecule has 2 unspecified atom stereocenters. The number of hydrogen-bond acceptors (Lipinski definition) is 1. The predicted molar refractivity (Wildman–Crippen MR) is 64.4 cm³/mol. The van der Waals surface area contributed by atoms with E-state index < -0.39 is 17.5 Å². The van der Waals surface area contributed by atoms with Crippen LogP contribution in [0.25, 0.3) is 0 Å². The Morgan fingerprint density at radius 2 is 1.94 bits per heavy atom. The van der Waals surface area contributed by atoms with E-state index >= 15 is 0 Å². The SMILES string of the molecule is CC(C)(CCl)C(=O)NC1CCCC(C(F)(F)F)C1. The van der Waals surface area contributed by atoms with Crippen molar-refractivity contribution >= 4 is 17.5 Å². The Labute approximate surface area is 110 Å². The summed E-state index contributed by atoms with van der Waals surface area (Å²) in [5.74, 6) is -1.42. The average molecular weight is 286 g/mol. The minimum atomic E-state index is -4.16. The van der Waals surface area contributed by atoms with Crippen LogP contribution < -0.4 is 5.32 Å². The maximum atomic E-state index is 12.6. The molecule has 1 aliphatic rings. The Kier molecular flexibility index (Phi) is 4.92. The van der Waals surface area contributed by atoms with Crippen LogP contribution in [0.15, 0.2) is 0 Å². The molecule has 0 spiro atoms. The van der Waals surface area contributed by atoms with Gasteiger partial charge in [0.05, 0.1) is 11.3 Å². The molecule has 0 bridgehead atoms. The van der Waals surface area contributed by atoms with Crippen molar-refractivity contribution in [2.75, 3.05) is 5.88 Å². The summed E-state index contributed by atoms with van der Waals surface area (Å²) in [4.78, 5) is 11.8. The number of rotatable bonds is 3. The van der Waals surface area contributed by atoms with Gasteiger partial charge in [0.25, 0.3) is 0 Å². The molecule has 1 fully saturated rings. The van der Waals surface area contributed by atoms with Gasteiger partial charge in [-0.25, -0.2) is 0 Å². The van der Waals surface area contributed by atoms with Gasteiger partial charge in [0, 0.05) is 11.9 Å². The number of nitrogens with one attached hydrogen (secondary N) is 1. The lowest BCUT2D eigenvalue weighted by Gasteiger charge is -2.33. The van der Waals surface area contributed by atoms with E-state index in [0.29, 0.717) is 12.8 Å². The van der Waals surface area contributed by atoms with E-state index in [-0.39, 0.29) is 30.7 Å². The normalized spacial score (nSPS) is 25.9. The number of hydrogen-bond donors (Lipinski definition) is 1. The number of carbonyl (C=O) groups excluding carboxylic acids is 1. The Hall–Kier alpha value is -0.450. The van der Waals surface area contributed by atoms with Crippen molar-refractivity contribution in [3.05, 3.63) is 0 Å². The molecule has 2 nitrogen and oxygen atoms in total. The maximum absolute atomic E-state index is 12.6. The fourth-order valence-corrected chi connectivity index (χ4v) is 2.18. The van der Waals surface area contributed by atoms with Gasteiger partial charge in [-0.1, -0.05) is 6.42 Å². The molecule has 1 amide bonds. The van der Waals surface area contributed by atoms with E-state index in [1.165, 1.54) is 0 Å². The number of alkyl halides is 4. The van der Waals surface area contributed by atoms with Gasteiger partial charge in [-0.3, -0.25) is 4.79 Å². The summed E-state index contributed by atoms with van der Waals surface area (Å²) in [6.45, 7) is 3.36. The second kappa shape index (κ2) is 5.68. The third kappa shape index (κ3) is 4.04. The maximum Gasteiger partial charge on any atom is 0.391 e. The molecule has 2 atom stereocenters. The first-order chi connectivity index (χ1) is 8.16. The number of amides is 1. The highest BCUT2D eigenvalue weighted by molar-refractivity contribution is 6.19. The van der Waals surface area contributed by atoms with Crippen molar-refractivity contribution in [2.24, 2.45) is 11.3 Å². The molecule has 1 N–H and O–H groups in total. The van der Waals surface area contributed by atoms with Gasteiger partial charge in [-0.15, -0.1) is 11.6 Å². The summed E-state index contributed by atoms with van der Waals surface area (Å²) in [7, 11) is 0. The van der Waals surface area contributed by atoms with Gasteiger partial charge in [0.1, 0.15) is 0 Å². The molecule has 1 saturated carbocycles. The highest BCUT2D eigenvalue weighted by Gasteiger charge is 2.42. The highest BCUT2D eigenvalue weighted by atomic mass is 35.5. The van der Waals surface area contributed by atoms with Gasteiger partial charge in [-0.05, 0) is 33.1 Å². The van der Waals surface area contributed by atoms with Crippen LogP contribution in [0.1, 0.15) is 39.5 Å². The molecule has 0 heterocycles. The van der Waals surface area contributed by atoms with E-state index in [4.69, 9.17) is 11.6 Å². The van der Waals surface area contributed by atoms with Crippen molar-refractivity contribution < 1.29 is 18.0 Å². The van der Waals surface area contributed by atoms with Crippen molar-refractivity contribution in [2.45, 2.75) is 51.7 Å². The summed E-state index contributed by atoms with van der Waals surface area (Å²) in [5.41, 5.74) is -0.743. The van der Waals surface area contributed by atoms with Gasteiger partial charge in [0.2, 0.25) is 5.91 Å². The standard InChI is InChI=1S/C12H19ClF3NO/c1-11(2,7-13)10(18)17-9-5-3-4-8(6-9)12(14,15)16/h8-9H,3-7H2,1-2H3,(H,17,18). The lowest BCUT2D eigenvalue weighted by Crippen LogP contribution is -2.46. The average Bonchev–Trinajstić information content (AvgIpc) is 2.28. The molecule has 0 saturated heterocycles. The molecule has 1 rings (SSSR count). The van der Waals surface area contributed by atoms with E-state index in [0.717, 1.165) is 0 Å². The Balaban J connectivity index is 2.56. The second-order valence-electron chi connectivity index (χ2n) is 5.59. The molecular formula is C12H19ClF3NO. The summed E-state index contributed by atoms with van der Waals surface area (Å²) in [6.07, 6.45) is -2.92. The van der Waals surface area contributed by atoms with Crippen LogP contribution in [0.2, 0.25) is 0 Å². The Morgan fingerprint density at radius 3 is 2.44 bits per heavy atom. The summed E-state index contributed by atoms with van der Waals surface area (Å²) in [5, 5.41) is 2.69. The van der Waals surface area contributed by atoms with Crippen molar-refractivity contribution in [3.63, 3.8) is 0 Å². The summed E-state index contributed by atoms with van der Waals surface area (Å²) in [6, 6.07) is -0.389. The summed E-state index contributed by atoms with van der Waals surface area (Å²) >= 11 is 5.67. The van der Waals surface area contributed by atoms with E-state index in [2.05, 4.69) is 5.32 Å². The van der Waals surface area contributed by atoms with Crippen LogP contribution in [0.4, 0.5) is 13.2 Å². The molecule has 0 aromatic rings. The third-order valence-electron chi connectivity index (χ3n) is 3.42. The lowest BCUT2D eigenvalue weighted by molar-refractivity contribution is -0.184. The molecule has 0 radical (unpaired) electrons. The smallest absolute Gasteiger partial charge is 0.353 e. The second-order valence-corrected chi connectivity index (χ2v) is 5.86. The first-order valence-electron chi connectivity index (χ1n) is 6.10. The van der Waals surface area contributed by atoms with Gasteiger partial charge in [0.15, 0.2) is 0 Å². The first kappa shape index (κ1) is 15.6. The van der Waals surface area contributed by atoms with E-state index in [9.17, 15) is 18.0 Å². The highest BCUT2D eigenvalue weighted by Crippen LogP contribution is 2.37. The first-order valence-corrected chi connectivity index (χ1v) is 6.64. The minimum Gasteiger partial charge on any atom is -0.353 e. The van der Waals surface area contributed by atoms with Gasteiger partial charge in [-0.2, -0.15) is 13.2 Å². The summed E-state index contributed by atoms with van der Waals surface area (Å²) < 4.78 is 37.9. The zero-order valence-corrected chi connectivity index (χ0v) is 11.4. The molecule has 6 heteroatoms. The fourth-order valence-electron chi connectivity index (χ4n) is 2.06. The largest absolute Gasteiger partial charge is 0.391 e. The Bertz CT molecular complexity index is 304. The van der Waals surface area contributed by atoms with Crippen molar-refractivity contribution in [3.8, 4) is 0 Å². The van der Waals surface area contributed by atoms with Crippen molar-refractivity contribution in [1.29, 1.82) is 0 Å². The zero-order valence-electron chi connectivity index (χ0n) is 10.6. The predicted octanol–water partition coefficient (Wildman–Crippen LogP) is 3.49. The van der Waals surface area contributed by atoms with Crippen LogP contribution in [0.5, 0.6) is 0 Å². The fraction of sp³-hybridized carbons (Fsp3) is 0.917. The molecule has 18 heavy (non-hydrogen) atoms. The monoisotopic (exact) mass is 285 g/mol.